The lowest BCUT2D eigenvalue weighted by Crippen LogP contribution is -2.66. The molecule has 0 aromatic carbocycles. The molecule has 1 unspecified atom stereocenters. The van der Waals surface area contributed by atoms with Crippen LogP contribution in [-0.2, 0) is 17.7 Å². The molecule has 0 rings (SSSR count). The summed E-state index contributed by atoms with van der Waals surface area (Å²) in [5.41, 5.74) is -0.0225. The molecule has 6 heteroatoms. The van der Waals surface area contributed by atoms with E-state index in [0.717, 1.165) is 0 Å². The van der Waals surface area contributed by atoms with E-state index < -0.39 is 17.1 Å². The molecule has 0 spiro atoms. The summed E-state index contributed by atoms with van der Waals surface area (Å²) in [5.74, 6) is 0. The largest absolute Gasteiger partial charge is 0.679 e. The summed E-state index contributed by atoms with van der Waals surface area (Å²) in [6, 6.07) is 0. The normalized spacial score (nSPS) is 17.7. The molecule has 0 aliphatic heterocycles. The third kappa shape index (κ3) is 3.43. The maximum absolute atomic E-state index is 6.34. The van der Waals surface area contributed by atoms with Crippen molar-refractivity contribution in [3.63, 3.8) is 0 Å². The molecule has 0 heterocycles. The predicted octanol–water partition coefficient (Wildman–Crippen LogP) is 3.06. The van der Waals surface area contributed by atoms with Gasteiger partial charge in [-0.25, -0.2) is 0 Å². The van der Waals surface area contributed by atoms with Gasteiger partial charge in [-0.1, -0.05) is 40.4 Å². The molecule has 0 N–H and O–H groups in total. The SMILES string of the molecule is CO[Si](OC)(OC)OC(C)(C(C)(C)C)[Si](C)(C)C. The summed E-state index contributed by atoms with van der Waals surface area (Å²) < 4.78 is 22.6. The molecular weight excluding hydrogens is 264 g/mol. The van der Waals surface area contributed by atoms with E-state index in [1.165, 1.54) is 0 Å². The Morgan fingerprint density at radius 3 is 1.22 bits per heavy atom. The van der Waals surface area contributed by atoms with Gasteiger partial charge >= 0.3 is 9.05 Å². The quantitative estimate of drug-likeness (QED) is 0.706. The molecule has 0 aromatic rings. The average Bonchev–Trinajstić information content (AvgIpc) is 2.23. The van der Waals surface area contributed by atoms with Gasteiger partial charge in [0.1, 0.15) is 0 Å². The van der Waals surface area contributed by atoms with Gasteiger partial charge in [-0.3, -0.25) is 0 Å². The molecule has 0 bridgehead atoms. The molecule has 0 amide bonds. The summed E-state index contributed by atoms with van der Waals surface area (Å²) in [5, 5.41) is -0.311. The van der Waals surface area contributed by atoms with Crippen LogP contribution in [0.2, 0.25) is 19.6 Å². The zero-order valence-corrected chi connectivity index (χ0v) is 15.6. The summed E-state index contributed by atoms with van der Waals surface area (Å²) in [6.07, 6.45) is 0. The van der Waals surface area contributed by atoms with Gasteiger partial charge in [-0.05, 0) is 12.3 Å². The van der Waals surface area contributed by atoms with Gasteiger partial charge in [0.25, 0.3) is 0 Å². The van der Waals surface area contributed by atoms with Crippen LogP contribution in [0.15, 0.2) is 0 Å². The molecular formula is C12H30O4Si2. The predicted molar refractivity (Wildman–Crippen MR) is 79.1 cm³/mol. The number of rotatable bonds is 6. The maximum atomic E-state index is 6.34. The van der Waals surface area contributed by atoms with E-state index in [1.54, 1.807) is 21.3 Å². The Morgan fingerprint density at radius 1 is 0.722 bits per heavy atom. The molecule has 4 nitrogen and oxygen atoms in total. The fourth-order valence-electron chi connectivity index (χ4n) is 2.06. The van der Waals surface area contributed by atoms with Gasteiger partial charge in [-0.15, -0.1) is 0 Å². The Labute approximate surface area is 114 Å². The first-order valence-electron chi connectivity index (χ1n) is 6.25. The van der Waals surface area contributed by atoms with Gasteiger partial charge < -0.3 is 17.7 Å². The van der Waals surface area contributed by atoms with E-state index in [4.69, 9.17) is 17.7 Å². The van der Waals surface area contributed by atoms with Crippen LogP contribution in [-0.4, -0.2) is 43.7 Å². The Balaban J connectivity index is 5.53. The maximum Gasteiger partial charge on any atom is 0.679 e. The summed E-state index contributed by atoms with van der Waals surface area (Å²) >= 11 is 0. The monoisotopic (exact) mass is 294 g/mol. The van der Waals surface area contributed by atoms with Gasteiger partial charge in [0.05, 0.1) is 13.3 Å². The standard InChI is InChI=1S/C12H30O4Si2/c1-11(2,3)12(4,17(8,9)10)16-18(13-5,14-6)15-7/h1-10H3. The van der Waals surface area contributed by atoms with Gasteiger partial charge in [0.15, 0.2) is 0 Å². The molecule has 0 aliphatic rings. The molecule has 0 aliphatic carbocycles. The van der Waals surface area contributed by atoms with Crippen molar-refractivity contribution in [2.45, 2.75) is 52.6 Å². The van der Waals surface area contributed by atoms with Crippen LogP contribution < -0.4 is 0 Å². The lowest BCUT2D eigenvalue weighted by atomic mass is 9.89. The fraction of sp³-hybridized carbons (Fsp3) is 1.00. The molecule has 0 aromatic heterocycles. The molecule has 0 radical (unpaired) electrons. The molecule has 0 saturated carbocycles. The highest BCUT2D eigenvalue weighted by Crippen LogP contribution is 2.42. The molecule has 0 saturated heterocycles. The molecule has 1 atom stereocenters. The lowest BCUT2D eigenvalue weighted by Gasteiger charge is -2.52. The first kappa shape index (κ1) is 18.3. The van der Waals surface area contributed by atoms with Crippen LogP contribution >= 0.6 is 0 Å². The van der Waals surface area contributed by atoms with Crippen molar-refractivity contribution < 1.29 is 17.7 Å². The summed E-state index contributed by atoms with van der Waals surface area (Å²) in [7, 11) is 0.0577. The van der Waals surface area contributed by atoms with E-state index in [1.807, 2.05) is 0 Å². The van der Waals surface area contributed by atoms with Gasteiger partial charge in [-0.2, -0.15) is 0 Å². The van der Waals surface area contributed by atoms with Crippen molar-refractivity contribution in [1.29, 1.82) is 0 Å². The second kappa shape index (κ2) is 5.72. The Hall–Kier alpha value is 0.274. The minimum atomic E-state index is -3.04. The Morgan fingerprint density at radius 2 is 1.06 bits per heavy atom. The first-order valence-corrected chi connectivity index (χ1v) is 11.4. The van der Waals surface area contributed by atoms with Gasteiger partial charge in [0.2, 0.25) is 0 Å². The van der Waals surface area contributed by atoms with E-state index in [2.05, 4.69) is 47.3 Å². The van der Waals surface area contributed by atoms with Crippen molar-refractivity contribution in [3.8, 4) is 0 Å². The van der Waals surface area contributed by atoms with Crippen molar-refractivity contribution >= 4 is 17.1 Å². The topological polar surface area (TPSA) is 36.9 Å². The van der Waals surface area contributed by atoms with Crippen molar-refractivity contribution in [3.05, 3.63) is 0 Å². The lowest BCUT2D eigenvalue weighted by molar-refractivity contribution is -0.0729. The second-order valence-corrected chi connectivity index (χ2v) is 14.6. The van der Waals surface area contributed by atoms with Crippen LogP contribution in [0.1, 0.15) is 27.7 Å². The van der Waals surface area contributed by atoms with E-state index in [-0.39, 0.29) is 10.6 Å². The van der Waals surface area contributed by atoms with Crippen molar-refractivity contribution in [2.24, 2.45) is 5.41 Å². The van der Waals surface area contributed by atoms with E-state index in [0.29, 0.717) is 0 Å². The van der Waals surface area contributed by atoms with Crippen molar-refractivity contribution in [2.75, 3.05) is 21.3 Å². The fourth-order valence-corrected chi connectivity index (χ4v) is 7.46. The highest BCUT2D eigenvalue weighted by Gasteiger charge is 2.57. The Kier molecular flexibility index (Phi) is 5.81. The zero-order valence-electron chi connectivity index (χ0n) is 13.6. The highest BCUT2D eigenvalue weighted by atomic mass is 28.4. The smallest absolute Gasteiger partial charge is 0.355 e. The van der Waals surface area contributed by atoms with Crippen LogP contribution in [0.3, 0.4) is 0 Å². The minimum absolute atomic E-state index is 0.0225. The first-order chi connectivity index (χ1) is 7.89. The van der Waals surface area contributed by atoms with Crippen LogP contribution in [0.5, 0.6) is 0 Å². The number of hydrogen-bond donors (Lipinski definition) is 0. The minimum Gasteiger partial charge on any atom is -0.355 e. The van der Waals surface area contributed by atoms with Crippen molar-refractivity contribution in [1.82, 2.24) is 0 Å². The van der Waals surface area contributed by atoms with E-state index in [9.17, 15) is 0 Å². The van der Waals surface area contributed by atoms with Crippen LogP contribution in [0.25, 0.3) is 0 Å². The van der Waals surface area contributed by atoms with Crippen LogP contribution in [0, 0.1) is 5.41 Å². The number of hydrogen-bond acceptors (Lipinski definition) is 4. The molecule has 18 heavy (non-hydrogen) atoms. The van der Waals surface area contributed by atoms with Crippen LogP contribution in [0.4, 0.5) is 0 Å². The third-order valence-corrected chi connectivity index (χ3v) is 10.0. The molecule has 0 fully saturated rings. The summed E-state index contributed by atoms with van der Waals surface area (Å²) in [4.78, 5) is 0. The Bertz CT molecular complexity index is 242. The molecule has 110 valence electrons. The zero-order chi connectivity index (χ0) is 14.8. The average molecular weight is 295 g/mol. The van der Waals surface area contributed by atoms with Gasteiger partial charge in [0, 0.05) is 21.3 Å². The highest BCUT2D eigenvalue weighted by molar-refractivity contribution is 6.79. The third-order valence-electron chi connectivity index (χ3n) is 3.94. The summed E-state index contributed by atoms with van der Waals surface area (Å²) in [6.45, 7) is 15.6. The van der Waals surface area contributed by atoms with E-state index >= 15 is 0 Å². The second-order valence-electron chi connectivity index (χ2n) is 6.75.